The van der Waals surface area contributed by atoms with E-state index in [-0.39, 0.29) is 24.2 Å². The summed E-state index contributed by atoms with van der Waals surface area (Å²) in [5.41, 5.74) is 1.23. The van der Waals surface area contributed by atoms with Crippen LogP contribution in [0.5, 0.6) is 0 Å². The Hall–Kier alpha value is -0.650. The molecule has 1 amide bonds. The number of halogens is 1. The van der Waals surface area contributed by atoms with Gasteiger partial charge in [0.05, 0.1) is 5.69 Å². The predicted molar refractivity (Wildman–Crippen MR) is 94.0 cm³/mol. The van der Waals surface area contributed by atoms with Crippen LogP contribution in [0.25, 0.3) is 0 Å². The van der Waals surface area contributed by atoms with Crippen molar-refractivity contribution in [2.45, 2.75) is 51.9 Å². The molecule has 1 aromatic rings. The van der Waals surface area contributed by atoms with Crippen molar-refractivity contribution in [1.82, 2.24) is 10.3 Å². The first kappa shape index (κ1) is 17.7. The molecule has 2 aliphatic rings. The van der Waals surface area contributed by atoms with Crippen molar-refractivity contribution in [2.24, 2.45) is 11.8 Å². The molecule has 1 aliphatic heterocycles. The topological polar surface area (TPSA) is 54.0 Å². The highest BCUT2D eigenvalue weighted by Gasteiger charge is 2.25. The average Bonchev–Trinajstić information content (AvgIpc) is 2.90. The highest BCUT2D eigenvalue weighted by atomic mass is 35.5. The van der Waals surface area contributed by atoms with Crippen LogP contribution in [0.2, 0.25) is 0 Å². The molecule has 1 aromatic heterocycles. The number of nitrogens with one attached hydrogen (secondary N) is 2. The molecular formula is C16H26ClN3OS. The summed E-state index contributed by atoms with van der Waals surface area (Å²) in [5.74, 6) is 1.13. The quantitative estimate of drug-likeness (QED) is 0.880. The number of anilines is 1. The van der Waals surface area contributed by atoms with Gasteiger partial charge in [0.1, 0.15) is 0 Å². The Labute approximate surface area is 142 Å². The maximum Gasteiger partial charge on any atom is 0.229 e. The largest absolute Gasteiger partial charge is 0.317 e. The van der Waals surface area contributed by atoms with Gasteiger partial charge in [-0.25, -0.2) is 4.98 Å². The Bertz CT molecular complexity index is 500. The average molecular weight is 344 g/mol. The number of piperidine rings is 1. The third kappa shape index (κ3) is 4.21. The number of fused-ring (bicyclic) bond motifs is 1. The van der Waals surface area contributed by atoms with E-state index >= 15 is 0 Å². The Morgan fingerprint density at radius 3 is 2.86 bits per heavy atom. The highest BCUT2D eigenvalue weighted by molar-refractivity contribution is 7.15. The van der Waals surface area contributed by atoms with E-state index in [9.17, 15) is 4.79 Å². The number of nitrogens with zero attached hydrogens (tertiary/aromatic N) is 1. The summed E-state index contributed by atoms with van der Waals surface area (Å²) in [6.45, 7) is 4.16. The molecule has 0 radical (unpaired) electrons. The number of thiazole rings is 1. The summed E-state index contributed by atoms with van der Waals surface area (Å²) in [7, 11) is 0. The van der Waals surface area contributed by atoms with E-state index in [4.69, 9.17) is 0 Å². The van der Waals surface area contributed by atoms with Crippen LogP contribution in [-0.4, -0.2) is 24.0 Å². The van der Waals surface area contributed by atoms with E-state index in [0.29, 0.717) is 0 Å². The van der Waals surface area contributed by atoms with Gasteiger partial charge in [-0.05, 0) is 51.1 Å². The van der Waals surface area contributed by atoms with Gasteiger partial charge in [0, 0.05) is 10.8 Å². The molecule has 1 atom stereocenters. The van der Waals surface area contributed by atoms with Crippen molar-refractivity contribution in [3.63, 3.8) is 0 Å². The van der Waals surface area contributed by atoms with Gasteiger partial charge in [0.15, 0.2) is 5.13 Å². The first-order valence-corrected chi connectivity index (χ1v) is 9.08. The van der Waals surface area contributed by atoms with Crippen LogP contribution < -0.4 is 10.6 Å². The monoisotopic (exact) mass is 343 g/mol. The van der Waals surface area contributed by atoms with Gasteiger partial charge in [0.2, 0.25) is 5.91 Å². The summed E-state index contributed by atoms with van der Waals surface area (Å²) < 4.78 is 0. The van der Waals surface area contributed by atoms with Crippen LogP contribution in [0.15, 0.2) is 0 Å². The zero-order chi connectivity index (χ0) is 14.7. The minimum absolute atomic E-state index is 0. The fourth-order valence-corrected chi connectivity index (χ4v) is 4.57. The third-order valence-corrected chi connectivity index (χ3v) is 5.71. The second-order valence-corrected chi connectivity index (χ2v) is 7.38. The molecule has 2 N–H and O–H groups in total. The zero-order valence-electron chi connectivity index (χ0n) is 13.2. The number of rotatable bonds is 4. The molecule has 0 bridgehead atoms. The summed E-state index contributed by atoms with van der Waals surface area (Å²) in [5, 5.41) is 7.17. The fourth-order valence-electron chi connectivity index (χ4n) is 3.44. The number of hydrogen-bond acceptors (Lipinski definition) is 4. The Morgan fingerprint density at radius 2 is 2.14 bits per heavy atom. The van der Waals surface area contributed by atoms with Gasteiger partial charge in [-0.3, -0.25) is 4.79 Å². The number of carbonyl (C=O) groups excluding carboxylic acids is 1. The molecule has 6 heteroatoms. The second kappa shape index (κ2) is 8.27. The molecule has 2 heterocycles. The smallest absolute Gasteiger partial charge is 0.229 e. The number of aromatic nitrogens is 1. The number of amides is 1. The molecule has 0 saturated carbocycles. The van der Waals surface area contributed by atoms with Crippen molar-refractivity contribution >= 4 is 34.8 Å². The van der Waals surface area contributed by atoms with Gasteiger partial charge in [0.25, 0.3) is 0 Å². The van der Waals surface area contributed by atoms with Crippen LogP contribution in [0.3, 0.4) is 0 Å². The molecule has 1 aliphatic carbocycles. The standard InChI is InChI=1S/C16H25N3OS.ClH/c1-2-3-11-4-5-13-14(10-11)21-16(18-13)19-15(20)12-6-8-17-9-7-12;/h11-12,17H,2-10H2,1H3,(H,18,19,20);1H. The maximum atomic E-state index is 12.3. The van der Waals surface area contributed by atoms with Gasteiger partial charge < -0.3 is 10.6 Å². The van der Waals surface area contributed by atoms with Gasteiger partial charge in [-0.1, -0.05) is 19.8 Å². The summed E-state index contributed by atoms with van der Waals surface area (Å²) in [6.07, 6.45) is 7.95. The van der Waals surface area contributed by atoms with Crippen molar-refractivity contribution in [3.8, 4) is 0 Å². The number of hydrogen-bond donors (Lipinski definition) is 2. The molecule has 0 spiro atoms. The van der Waals surface area contributed by atoms with Gasteiger partial charge in [-0.2, -0.15) is 0 Å². The molecule has 22 heavy (non-hydrogen) atoms. The summed E-state index contributed by atoms with van der Waals surface area (Å²) in [6, 6.07) is 0. The molecule has 4 nitrogen and oxygen atoms in total. The van der Waals surface area contributed by atoms with Gasteiger partial charge in [-0.15, -0.1) is 23.7 Å². The molecule has 3 rings (SSSR count). The summed E-state index contributed by atoms with van der Waals surface area (Å²) in [4.78, 5) is 18.3. The maximum absolute atomic E-state index is 12.3. The Balaban J connectivity index is 0.00000176. The predicted octanol–water partition coefficient (Wildman–Crippen LogP) is 3.41. The normalized spacial score (nSPS) is 21.8. The molecular weight excluding hydrogens is 318 g/mol. The summed E-state index contributed by atoms with van der Waals surface area (Å²) >= 11 is 1.70. The van der Waals surface area contributed by atoms with Crippen LogP contribution in [0.4, 0.5) is 5.13 Å². The minimum Gasteiger partial charge on any atom is -0.317 e. The van der Waals surface area contributed by atoms with Crippen molar-refractivity contribution < 1.29 is 4.79 Å². The highest BCUT2D eigenvalue weighted by Crippen LogP contribution is 2.34. The van der Waals surface area contributed by atoms with Crippen LogP contribution >= 0.6 is 23.7 Å². The minimum atomic E-state index is 0. The van der Waals surface area contributed by atoms with Crippen LogP contribution in [0, 0.1) is 11.8 Å². The molecule has 0 aromatic carbocycles. The lowest BCUT2D eigenvalue weighted by molar-refractivity contribution is -0.120. The molecule has 124 valence electrons. The zero-order valence-corrected chi connectivity index (χ0v) is 14.8. The first-order valence-electron chi connectivity index (χ1n) is 8.26. The van der Waals surface area contributed by atoms with E-state index < -0.39 is 0 Å². The van der Waals surface area contributed by atoms with Gasteiger partial charge >= 0.3 is 0 Å². The second-order valence-electron chi connectivity index (χ2n) is 6.30. The molecule has 1 fully saturated rings. The number of aryl methyl sites for hydroxylation is 1. The van der Waals surface area contributed by atoms with Crippen LogP contribution in [0.1, 0.15) is 49.6 Å². The van der Waals surface area contributed by atoms with E-state index in [0.717, 1.165) is 49.8 Å². The van der Waals surface area contributed by atoms with E-state index in [1.165, 1.54) is 29.8 Å². The lowest BCUT2D eigenvalue weighted by Crippen LogP contribution is -2.34. The Morgan fingerprint density at radius 1 is 1.36 bits per heavy atom. The van der Waals surface area contributed by atoms with Crippen molar-refractivity contribution in [3.05, 3.63) is 10.6 Å². The SMILES string of the molecule is CCCC1CCc2nc(NC(=O)C3CCNCC3)sc2C1.Cl. The molecule has 1 unspecified atom stereocenters. The van der Waals surface area contributed by atoms with Crippen molar-refractivity contribution in [2.75, 3.05) is 18.4 Å². The lowest BCUT2D eigenvalue weighted by atomic mass is 9.88. The third-order valence-electron chi connectivity index (χ3n) is 4.68. The first-order chi connectivity index (χ1) is 10.3. The van der Waals surface area contributed by atoms with E-state index in [1.54, 1.807) is 11.3 Å². The van der Waals surface area contributed by atoms with Crippen LogP contribution in [-0.2, 0) is 17.6 Å². The van der Waals surface area contributed by atoms with E-state index in [1.807, 2.05) is 0 Å². The fraction of sp³-hybridized carbons (Fsp3) is 0.750. The lowest BCUT2D eigenvalue weighted by Gasteiger charge is -2.20. The molecule has 1 saturated heterocycles. The van der Waals surface area contributed by atoms with E-state index in [2.05, 4.69) is 22.5 Å². The Kier molecular flexibility index (Phi) is 6.66. The number of carbonyl (C=O) groups is 1. The van der Waals surface area contributed by atoms with Crippen molar-refractivity contribution in [1.29, 1.82) is 0 Å².